The predicted octanol–water partition coefficient (Wildman–Crippen LogP) is 5.15. The molecule has 2 aromatic rings. The predicted molar refractivity (Wildman–Crippen MR) is 109 cm³/mol. The first-order chi connectivity index (χ1) is 12.7. The van der Waals surface area contributed by atoms with E-state index < -0.39 is 0 Å². The Hall–Kier alpha value is -2.16. The highest BCUT2D eigenvalue weighted by molar-refractivity contribution is 5.51. The van der Waals surface area contributed by atoms with Gasteiger partial charge < -0.3 is 15.8 Å². The number of anilines is 2. The molecule has 2 aliphatic carbocycles. The molecule has 0 saturated heterocycles. The van der Waals surface area contributed by atoms with E-state index in [-0.39, 0.29) is 0 Å². The molecular formula is C23H30N2O. The quantitative estimate of drug-likeness (QED) is 0.733. The van der Waals surface area contributed by atoms with E-state index in [1.807, 2.05) is 12.1 Å². The first kappa shape index (κ1) is 17.3. The van der Waals surface area contributed by atoms with E-state index >= 15 is 0 Å². The molecule has 2 atom stereocenters. The Morgan fingerprint density at radius 2 is 1.96 bits per heavy atom. The number of nitrogens with one attached hydrogen (secondary N) is 1. The van der Waals surface area contributed by atoms with E-state index in [0.717, 1.165) is 29.6 Å². The van der Waals surface area contributed by atoms with Crippen LogP contribution in [0, 0.1) is 5.92 Å². The van der Waals surface area contributed by atoms with Gasteiger partial charge in [-0.25, -0.2) is 0 Å². The molecule has 1 fully saturated rings. The van der Waals surface area contributed by atoms with Crippen LogP contribution in [-0.4, -0.2) is 13.7 Å². The summed E-state index contributed by atoms with van der Waals surface area (Å²) in [6.45, 7) is 0.997. The average molecular weight is 351 g/mol. The van der Waals surface area contributed by atoms with Gasteiger partial charge in [-0.1, -0.05) is 18.9 Å². The van der Waals surface area contributed by atoms with Crippen molar-refractivity contribution in [2.45, 2.75) is 50.4 Å². The number of fused-ring (bicyclic) bond motifs is 3. The van der Waals surface area contributed by atoms with E-state index in [1.54, 1.807) is 12.7 Å². The maximum atomic E-state index is 5.80. The number of ether oxygens (including phenoxy) is 1. The number of methoxy groups -OCH3 is 1. The lowest BCUT2D eigenvalue weighted by Crippen LogP contribution is -2.43. The zero-order valence-corrected chi connectivity index (χ0v) is 15.8. The van der Waals surface area contributed by atoms with Gasteiger partial charge in [0.15, 0.2) is 0 Å². The van der Waals surface area contributed by atoms with Gasteiger partial charge in [-0.05, 0) is 85.5 Å². The SMILES string of the molecule is COc1ccc2c(c1)[C@]1(CCNc3ccc(N)cc3)CCCCC1CC2. The zero-order valence-electron chi connectivity index (χ0n) is 15.8. The molecule has 4 rings (SSSR count). The lowest BCUT2D eigenvalue weighted by Gasteiger charge is -2.49. The summed E-state index contributed by atoms with van der Waals surface area (Å²) in [6.07, 6.45) is 9.15. The average Bonchev–Trinajstić information content (AvgIpc) is 2.69. The third kappa shape index (κ3) is 3.15. The lowest BCUT2D eigenvalue weighted by molar-refractivity contribution is 0.151. The van der Waals surface area contributed by atoms with Gasteiger partial charge in [-0.2, -0.15) is 0 Å². The Kier molecular flexibility index (Phi) is 4.80. The van der Waals surface area contributed by atoms with Crippen molar-refractivity contribution in [1.29, 1.82) is 0 Å². The van der Waals surface area contributed by atoms with E-state index in [9.17, 15) is 0 Å². The summed E-state index contributed by atoms with van der Waals surface area (Å²) in [5.41, 5.74) is 11.2. The second kappa shape index (κ2) is 7.22. The summed E-state index contributed by atoms with van der Waals surface area (Å²) in [5, 5.41) is 3.62. The number of nitrogen functional groups attached to an aromatic ring is 1. The van der Waals surface area contributed by atoms with Crippen LogP contribution in [0.3, 0.4) is 0 Å². The van der Waals surface area contributed by atoms with Gasteiger partial charge in [0.1, 0.15) is 5.75 Å². The first-order valence-corrected chi connectivity index (χ1v) is 9.98. The van der Waals surface area contributed by atoms with Crippen molar-refractivity contribution in [3.8, 4) is 5.75 Å². The maximum Gasteiger partial charge on any atom is 0.119 e. The second-order valence-electron chi connectivity index (χ2n) is 7.96. The van der Waals surface area contributed by atoms with Crippen molar-refractivity contribution >= 4 is 11.4 Å². The molecule has 0 aromatic heterocycles. The Bertz CT molecular complexity index is 755. The number of nitrogens with two attached hydrogens (primary N) is 1. The van der Waals surface area contributed by atoms with Crippen molar-refractivity contribution in [3.63, 3.8) is 0 Å². The number of hydrogen-bond donors (Lipinski definition) is 2. The van der Waals surface area contributed by atoms with E-state index in [2.05, 4.69) is 35.6 Å². The van der Waals surface area contributed by atoms with Crippen molar-refractivity contribution in [2.75, 3.05) is 24.7 Å². The first-order valence-electron chi connectivity index (χ1n) is 9.98. The van der Waals surface area contributed by atoms with Crippen molar-refractivity contribution in [2.24, 2.45) is 5.92 Å². The number of aryl methyl sites for hydroxylation is 1. The monoisotopic (exact) mass is 350 g/mol. The van der Waals surface area contributed by atoms with Crippen LogP contribution in [-0.2, 0) is 11.8 Å². The van der Waals surface area contributed by atoms with Crippen LogP contribution in [0.2, 0.25) is 0 Å². The molecule has 2 aliphatic rings. The molecule has 1 saturated carbocycles. The van der Waals surface area contributed by atoms with Crippen LogP contribution in [0.1, 0.15) is 49.7 Å². The highest BCUT2D eigenvalue weighted by atomic mass is 16.5. The molecule has 3 N–H and O–H groups in total. The van der Waals surface area contributed by atoms with Crippen LogP contribution in [0.15, 0.2) is 42.5 Å². The van der Waals surface area contributed by atoms with Crippen LogP contribution in [0.25, 0.3) is 0 Å². The fraction of sp³-hybridized carbons (Fsp3) is 0.478. The summed E-state index contributed by atoms with van der Waals surface area (Å²) in [6, 6.07) is 14.8. The lowest BCUT2D eigenvalue weighted by atomic mass is 9.56. The molecule has 3 heteroatoms. The summed E-state index contributed by atoms with van der Waals surface area (Å²) in [4.78, 5) is 0. The maximum absolute atomic E-state index is 5.80. The fourth-order valence-corrected chi connectivity index (χ4v) is 5.28. The zero-order chi connectivity index (χ0) is 18.0. The number of benzene rings is 2. The highest BCUT2D eigenvalue weighted by Crippen LogP contribution is 2.52. The smallest absolute Gasteiger partial charge is 0.119 e. The summed E-state index contributed by atoms with van der Waals surface area (Å²) in [5.74, 6) is 1.81. The fourth-order valence-electron chi connectivity index (χ4n) is 5.28. The third-order valence-electron chi connectivity index (χ3n) is 6.63. The van der Waals surface area contributed by atoms with Crippen LogP contribution < -0.4 is 15.8 Å². The van der Waals surface area contributed by atoms with Crippen molar-refractivity contribution in [3.05, 3.63) is 53.6 Å². The summed E-state index contributed by atoms with van der Waals surface area (Å²) >= 11 is 0. The minimum absolute atomic E-state index is 0.307. The Morgan fingerprint density at radius 3 is 2.77 bits per heavy atom. The molecule has 2 aromatic carbocycles. The largest absolute Gasteiger partial charge is 0.497 e. The Labute approximate surface area is 156 Å². The molecule has 138 valence electrons. The Balaban J connectivity index is 1.59. The minimum Gasteiger partial charge on any atom is -0.497 e. The molecule has 0 radical (unpaired) electrons. The molecule has 0 spiro atoms. The standard InChI is InChI=1S/C23H30N2O/c1-26-21-12-6-17-5-7-18-4-2-3-13-23(18,22(17)16-21)14-15-25-20-10-8-19(24)9-11-20/h6,8-12,16,18,25H,2-5,7,13-15,24H2,1H3/t18?,23-/m0/s1. The summed E-state index contributed by atoms with van der Waals surface area (Å²) in [7, 11) is 1.78. The topological polar surface area (TPSA) is 47.3 Å². The van der Waals surface area contributed by atoms with E-state index in [1.165, 1.54) is 50.5 Å². The molecule has 26 heavy (non-hydrogen) atoms. The van der Waals surface area contributed by atoms with Crippen molar-refractivity contribution in [1.82, 2.24) is 0 Å². The van der Waals surface area contributed by atoms with Gasteiger partial charge in [-0.15, -0.1) is 0 Å². The van der Waals surface area contributed by atoms with Crippen LogP contribution in [0.5, 0.6) is 5.75 Å². The molecule has 0 amide bonds. The van der Waals surface area contributed by atoms with Gasteiger partial charge in [0.05, 0.1) is 7.11 Å². The molecule has 0 bridgehead atoms. The highest BCUT2D eigenvalue weighted by Gasteiger charge is 2.45. The van der Waals surface area contributed by atoms with Gasteiger partial charge >= 0.3 is 0 Å². The van der Waals surface area contributed by atoms with E-state index in [0.29, 0.717) is 5.41 Å². The molecule has 0 aliphatic heterocycles. The van der Waals surface area contributed by atoms with Crippen molar-refractivity contribution < 1.29 is 4.74 Å². The molecule has 1 unspecified atom stereocenters. The Morgan fingerprint density at radius 1 is 1.12 bits per heavy atom. The second-order valence-corrected chi connectivity index (χ2v) is 7.96. The molecule has 3 nitrogen and oxygen atoms in total. The van der Waals surface area contributed by atoms with Gasteiger partial charge in [0, 0.05) is 23.3 Å². The normalized spacial score (nSPS) is 24.4. The van der Waals surface area contributed by atoms with E-state index in [4.69, 9.17) is 10.5 Å². The van der Waals surface area contributed by atoms with Crippen LogP contribution >= 0.6 is 0 Å². The number of hydrogen-bond acceptors (Lipinski definition) is 3. The third-order valence-corrected chi connectivity index (χ3v) is 6.63. The van der Waals surface area contributed by atoms with Gasteiger partial charge in [0.2, 0.25) is 0 Å². The summed E-state index contributed by atoms with van der Waals surface area (Å²) < 4.78 is 5.56. The molecular weight excluding hydrogens is 320 g/mol. The van der Waals surface area contributed by atoms with Crippen LogP contribution in [0.4, 0.5) is 11.4 Å². The molecule has 0 heterocycles. The van der Waals surface area contributed by atoms with Gasteiger partial charge in [0.25, 0.3) is 0 Å². The van der Waals surface area contributed by atoms with Gasteiger partial charge in [-0.3, -0.25) is 0 Å². The number of rotatable bonds is 5. The minimum atomic E-state index is 0.307.